The van der Waals surface area contributed by atoms with Crippen molar-refractivity contribution in [1.82, 2.24) is 4.98 Å². The molecule has 1 rings (SSSR count). The first kappa shape index (κ1) is 14.7. The van der Waals surface area contributed by atoms with Crippen molar-refractivity contribution in [1.29, 1.82) is 0 Å². The maximum absolute atomic E-state index is 5.71. The Morgan fingerprint density at radius 1 is 1.11 bits per heavy atom. The van der Waals surface area contributed by atoms with Crippen molar-refractivity contribution in [3.63, 3.8) is 0 Å². The summed E-state index contributed by atoms with van der Waals surface area (Å²) in [7, 11) is 0. The molecule has 1 aromatic heterocycles. The molecule has 2 N–H and O–H groups in total. The third-order valence-corrected chi connectivity index (χ3v) is 2.50. The Kier molecular flexibility index (Phi) is 7.13. The van der Waals surface area contributed by atoms with Crippen LogP contribution < -0.4 is 10.6 Å². The molecule has 0 aliphatic rings. The van der Waals surface area contributed by atoms with Gasteiger partial charge in [0, 0.05) is 26.3 Å². The van der Waals surface area contributed by atoms with Gasteiger partial charge in [0.1, 0.15) is 11.6 Å². The van der Waals surface area contributed by atoms with E-state index in [0.29, 0.717) is 19.0 Å². The van der Waals surface area contributed by atoms with Gasteiger partial charge in [0.05, 0.1) is 13.2 Å². The minimum atomic E-state index is 0.533. The number of ether oxygens (including phenoxy) is 2. The van der Waals surface area contributed by atoms with Gasteiger partial charge in [-0.25, -0.2) is 4.98 Å². The molecular formula is C13H23N3O2. The molecule has 0 amide bonds. The highest BCUT2D eigenvalue weighted by Gasteiger charge is 2.07. The zero-order chi connectivity index (χ0) is 13.2. The van der Waals surface area contributed by atoms with Gasteiger partial charge in [-0.1, -0.05) is 6.07 Å². The molecule has 0 saturated carbocycles. The summed E-state index contributed by atoms with van der Waals surface area (Å²) in [6.45, 7) is 8.37. The maximum Gasteiger partial charge on any atom is 0.131 e. The van der Waals surface area contributed by atoms with E-state index in [2.05, 4.69) is 9.88 Å². The van der Waals surface area contributed by atoms with Crippen LogP contribution in [0.1, 0.15) is 13.8 Å². The SMILES string of the molecule is CCOCCN(CCOCC)c1cccc(N)n1. The maximum atomic E-state index is 5.71. The lowest BCUT2D eigenvalue weighted by molar-refractivity contribution is 0.141. The number of anilines is 2. The summed E-state index contributed by atoms with van der Waals surface area (Å²) in [6, 6.07) is 5.65. The summed E-state index contributed by atoms with van der Waals surface area (Å²) in [4.78, 5) is 6.45. The zero-order valence-corrected chi connectivity index (χ0v) is 11.3. The molecule has 18 heavy (non-hydrogen) atoms. The van der Waals surface area contributed by atoms with E-state index in [1.54, 1.807) is 6.07 Å². The predicted molar refractivity (Wildman–Crippen MR) is 73.8 cm³/mol. The first-order valence-electron chi connectivity index (χ1n) is 6.40. The van der Waals surface area contributed by atoms with E-state index in [9.17, 15) is 0 Å². The molecule has 0 aliphatic heterocycles. The fourth-order valence-corrected chi connectivity index (χ4v) is 1.59. The largest absolute Gasteiger partial charge is 0.384 e. The lowest BCUT2D eigenvalue weighted by atomic mass is 10.4. The molecule has 1 aromatic rings. The lowest BCUT2D eigenvalue weighted by Gasteiger charge is -2.23. The molecule has 5 nitrogen and oxygen atoms in total. The van der Waals surface area contributed by atoms with Gasteiger partial charge in [0.25, 0.3) is 0 Å². The van der Waals surface area contributed by atoms with E-state index >= 15 is 0 Å². The first-order valence-corrected chi connectivity index (χ1v) is 6.40. The summed E-state index contributed by atoms with van der Waals surface area (Å²) in [6.07, 6.45) is 0. The Hall–Kier alpha value is -1.33. The van der Waals surface area contributed by atoms with Crippen molar-refractivity contribution >= 4 is 11.6 Å². The average molecular weight is 253 g/mol. The number of nitrogens with two attached hydrogens (primary N) is 1. The minimum absolute atomic E-state index is 0.533. The molecule has 1 heterocycles. The van der Waals surface area contributed by atoms with Gasteiger partial charge in [0.2, 0.25) is 0 Å². The first-order chi connectivity index (χ1) is 8.77. The van der Waals surface area contributed by atoms with Crippen LogP contribution in [0.25, 0.3) is 0 Å². The highest BCUT2D eigenvalue weighted by molar-refractivity contribution is 5.44. The lowest BCUT2D eigenvalue weighted by Crippen LogP contribution is -2.31. The molecule has 0 radical (unpaired) electrons. The second-order valence-electron chi connectivity index (χ2n) is 3.80. The van der Waals surface area contributed by atoms with Crippen LogP contribution >= 0.6 is 0 Å². The summed E-state index contributed by atoms with van der Waals surface area (Å²) < 4.78 is 10.8. The summed E-state index contributed by atoms with van der Waals surface area (Å²) >= 11 is 0. The Morgan fingerprint density at radius 3 is 2.22 bits per heavy atom. The number of hydrogen-bond donors (Lipinski definition) is 1. The van der Waals surface area contributed by atoms with Crippen molar-refractivity contribution in [2.75, 3.05) is 50.2 Å². The Bertz CT molecular complexity index is 324. The van der Waals surface area contributed by atoms with Crippen LogP contribution in [0.3, 0.4) is 0 Å². The summed E-state index contributed by atoms with van der Waals surface area (Å²) in [5.41, 5.74) is 5.71. The molecular weight excluding hydrogens is 230 g/mol. The number of rotatable bonds is 9. The molecule has 0 aliphatic carbocycles. The second-order valence-corrected chi connectivity index (χ2v) is 3.80. The van der Waals surface area contributed by atoms with E-state index in [4.69, 9.17) is 15.2 Å². The van der Waals surface area contributed by atoms with E-state index < -0.39 is 0 Å². The quantitative estimate of drug-likeness (QED) is 0.676. The van der Waals surface area contributed by atoms with Gasteiger partial charge in [0.15, 0.2) is 0 Å². The monoisotopic (exact) mass is 253 g/mol. The summed E-state index contributed by atoms with van der Waals surface area (Å²) in [5.74, 6) is 1.40. The fourth-order valence-electron chi connectivity index (χ4n) is 1.59. The molecule has 0 fully saturated rings. The van der Waals surface area contributed by atoms with Crippen molar-refractivity contribution < 1.29 is 9.47 Å². The van der Waals surface area contributed by atoms with Gasteiger partial charge in [-0.2, -0.15) is 0 Å². The molecule has 102 valence electrons. The van der Waals surface area contributed by atoms with Crippen molar-refractivity contribution in [3.8, 4) is 0 Å². The van der Waals surface area contributed by atoms with Crippen LogP contribution in [-0.2, 0) is 9.47 Å². The molecule has 0 saturated heterocycles. The Balaban J connectivity index is 2.57. The third-order valence-electron chi connectivity index (χ3n) is 2.50. The van der Waals surface area contributed by atoms with Crippen molar-refractivity contribution in [2.45, 2.75) is 13.8 Å². The summed E-state index contributed by atoms with van der Waals surface area (Å²) in [5, 5.41) is 0. The highest BCUT2D eigenvalue weighted by Crippen LogP contribution is 2.12. The Labute approximate surface area is 109 Å². The van der Waals surface area contributed by atoms with Crippen molar-refractivity contribution in [2.24, 2.45) is 0 Å². The number of nitrogen functional groups attached to an aromatic ring is 1. The third kappa shape index (κ3) is 5.33. The van der Waals surface area contributed by atoms with Crippen LogP contribution in [0, 0.1) is 0 Å². The van der Waals surface area contributed by atoms with Gasteiger partial charge < -0.3 is 20.1 Å². The van der Waals surface area contributed by atoms with E-state index in [-0.39, 0.29) is 0 Å². The van der Waals surface area contributed by atoms with Gasteiger partial charge in [-0.3, -0.25) is 0 Å². The number of aromatic nitrogens is 1. The molecule has 0 aromatic carbocycles. The van der Waals surface area contributed by atoms with Crippen molar-refractivity contribution in [3.05, 3.63) is 18.2 Å². The van der Waals surface area contributed by atoms with E-state index in [1.165, 1.54) is 0 Å². The molecule has 0 unspecified atom stereocenters. The highest BCUT2D eigenvalue weighted by atomic mass is 16.5. The number of nitrogens with zero attached hydrogens (tertiary/aromatic N) is 2. The standard InChI is InChI=1S/C13H23N3O2/c1-3-17-10-8-16(9-11-18-4-2)13-7-5-6-12(14)15-13/h5-7H,3-4,8-11H2,1-2H3,(H2,14,15). The van der Waals surface area contributed by atoms with Crippen LogP contribution in [-0.4, -0.2) is 44.5 Å². The molecule has 0 bridgehead atoms. The zero-order valence-electron chi connectivity index (χ0n) is 11.3. The minimum Gasteiger partial charge on any atom is -0.384 e. The van der Waals surface area contributed by atoms with Gasteiger partial charge in [-0.05, 0) is 26.0 Å². The van der Waals surface area contributed by atoms with E-state index in [1.807, 2.05) is 26.0 Å². The topological polar surface area (TPSA) is 60.6 Å². The smallest absolute Gasteiger partial charge is 0.131 e. The van der Waals surface area contributed by atoms with E-state index in [0.717, 1.165) is 32.1 Å². The predicted octanol–water partition coefficient (Wildman–Crippen LogP) is 1.54. The second kappa shape index (κ2) is 8.72. The molecule has 0 atom stereocenters. The molecule has 5 heteroatoms. The van der Waals surface area contributed by atoms with Gasteiger partial charge in [-0.15, -0.1) is 0 Å². The number of hydrogen-bond acceptors (Lipinski definition) is 5. The van der Waals surface area contributed by atoms with Crippen LogP contribution in [0.2, 0.25) is 0 Å². The normalized spacial score (nSPS) is 10.6. The van der Waals surface area contributed by atoms with Crippen LogP contribution in [0.5, 0.6) is 0 Å². The average Bonchev–Trinajstić information content (AvgIpc) is 2.37. The van der Waals surface area contributed by atoms with Crippen LogP contribution in [0.4, 0.5) is 11.6 Å². The fraction of sp³-hybridized carbons (Fsp3) is 0.615. The Morgan fingerprint density at radius 2 is 1.72 bits per heavy atom. The van der Waals surface area contributed by atoms with Crippen LogP contribution in [0.15, 0.2) is 18.2 Å². The molecule has 0 spiro atoms. The van der Waals surface area contributed by atoms with Gasteiger partial charge >= 0.3 is 0 Å². The number of pyridine rings is 1.